The van der Waals surface area contributed by atoms with Crippen LogP contribution in [0.5, 0.6) is 0 Å². The molecular formula is C14H13ClN2O4. The van der Waals surface area contributed by atoms with Crippen LogP contribution in [0, 0.1) is 0 Å². The number of halogens is 1. The Labute approximate surface area is 125 Å². The van der Waals surface area contributed by atoms with E-state index >= 15 is 0 Å². The molecule has 1 heterocycles. The predicted molar refractivity (Wildman–Crippen MR) is 75.7 cm³/mol. The molecule has 7 heteroatoms. The summed E-state index contributed by atoms with van der Waals surface area (Å²) in [6, 6.07) is 7.10. The highest BCUT2D eigenvalue weighted by Gasteiger charge is 2.22. The second-order valence-electron chi connectivity index (χ2n) is 4.24. The number of esters is 1. The molecular weight excluding hydrogens is 296 g/mol. The maximum absolute atomic E-state index is 11.7. The molecule has 0 amide bonds. The lowest BCUT2D eigenvalue weighted by atomic mass is 10.2. The van der Waals surface area contributed by atoms with Crippen LogP contribution in [0.3, 0.4) is 0 Å². The van der Waals surface area contributed by atoms with Crippen LogP contribution in [-0.2, 0) is 11.3 Å². The summed E-state index contributed by atoms with van der Waals surface area (Å²) in [5.41, 5.74) is 0.458. The Morgan fingerprint density at radius 1 is 1.43 bits per heavy atom. The fourth-order valence-corrected chi connectivity index (χ4v) is 2.04. The largest absolute Gasteiger partial charge is 0.478 e. The molecule has 1 aromatic heterocycles. The van der Waals surface area contributed by atoms with Gasteiger partial charge in [-0.3, -0.25) is 4.68 Å². The molecule has 0 radical (unpaired) electrons. The Hall–Kier alpha value is -2.34. The number of carboxylic acids is 1. The molecule has 0 bridgehead atoms. The number of aromatic nitrogens is 2. The number of benzene rings is 1. The van der Waals surface area contributed by atoms with Crippen LogP contribution in [0.25, 0.3) is 0 Å². The monoisotopic (exact) mass is 308 g/mol. The van der Waals surface area contributed by atoms with Crippen LogP contribution in [-0.4, -0.2) is 33.4 Å². The number of nitrogens with zero attached hydrogens (tertiary/aromatic N) is 2. The first kappa shape index (κ1) is 15.1. The van der Waals surface area contributed by atoms with E-state index in [1.54, 1.807) is 25.1 Å². The van der Waals surface area contributed by atoms with Gasteiger partial charge in [0.15, 0.2) is 5.69 Å². The number of carboxylic acid groups (broad SMARTS) is 1. The van der Waals surface area contributed by atoms with E-state index < -0.39 is 11.9 Å². The van der Waals surface area contributed by atoms with E-state index in [4.69, 9.17) is 21.4 Å². The van der Waals surface area contributed by atoms with Gasteiger partial charge < -0.3 is 9.84 Å². The van der Waals surface area contributed by atoms with Crippen molar-refractivity contribution in [2.24, 2.45) is 0 Å². The zero-order chi connectivity index (χ0) is 15.4. The first-order valence-corrected chi connectivity index (χ1v) is 6.61. The number of hydrogen-bond acceptors (Lipinski definition) is 4. The molecule has 0 spiro atoms. The Morgan fingerprint density at radius 3 is 2.81 bits per heavy atom. The van der Waals surface area contributed by atoms with Crippen LogP contribution in [0.15, 0.2) is 30.5 Å². The molecule has 0 unspecified atom stereocenters. The minimum Gasteiger partial charge on any atom is -0.478 e. The fourth-order valence-electron chi connectivity index (χ4n) is 1.83. The van der Waals surface area contributed by atoms with Crippen molar-refractivity contribution < 1.29 is 19.4 Å². The maximum Gasteiger partial charge on any atom is 0.359 e. The van der Waals surface area contributed by atoms with Gasteiger partial charge >= 0.3 is 11.9 Å². The van der Waals surface area contributed by atoms with Gasteiger partial charge in [0.05, 0.1) is 13.2 Å². The minimum atomic E-state index is -1.23. The first-order chi connectivity index (χ1) is 10.0. The van der Waals surface area contributed by atoms with Crippen LogP contribution >= 0.6 is 11.6 Å². The molecule has 0 saturated carbocycles. The van der Waals surface area contributed by atoms with Crippen LogP contribution in [0.4, 0.5) is 0 Å². The number of aromatic carboxylic acids is 1. The van der Waals surface area contributed by atoms with Gasteiger partial charge in [0.2, 0.25) is 0 Å². The number of rotatable bonds is 5. The summed E-state index contributed by atoms with van der Waals surface area (Å²) in [6.45, 7) is 2.10. The summed E-state index contributed by atoms with van der Waals surface area (Å²) in [5.74, 6) is -1.98. The third-order valence-corrected chi connectivity index (χ3v) is 2.93. The average molecular weight is 309 g/mol. The number of ether oxygens (including phenoxy) is 1. The molecule has 0 aliphatic carbocycles. The van der Waals surface area contributed by atoms with Crippen molar-refractivity contribution in [3.8, 4) is 0 Å². The molecule has 1 aromatic carbocycles. The molecule has 0 saturated heterocycles. The van der Waals surface area contributed by atoms with Crippen molar-refractivity contribution in [3.63, 3.8) is 0 Å². The summed E-state index contributed by atoms with van der Waals surface area (Å²) in [4.78, 5) is 22.9. The van der Waals surface area contributed by atoms with E-state index in [-0.39, 0.29) is 17.9 Å². The van der Waals surface area contributed by atoms with Crippen LogP contribution < -0.4 is 0 Å². The zero-order valence-corrected chi connectivity index (χ0v) is 12.0. The quantitative estimate of drug-likeness (QED) is 0.858. The van der Waals surface area contributed by atoms with Crippen molar-refractivity contribution in [2.75, 3.05) is 6.61 Å². The predicted octanol–water partition coefficient (Wildman–Crippen LogP) is 2.46. The molecule has 2 aromatic rings. The first-order valence-electron chi connectivity index (χ1n) is 6.23. The Bertz CT molecular complexity index is 681. The Kier molecular flexibility index (Phi) is 4.59. The van der Waals surface area contributed by atoms with Crippen molar-refractivity contribution >= 4 is 23.5 Å². The van der Waals surface area contributed by atoms with Crippen LogP contribution in [0.2, 0.25) is 5.02 Å². The van der Waals surface area contributed by atoms with Gasteiger partial charge in [-0.1, -0.05) is 23.7 Å². The molecule has 0 fully saturated rings. The number of carbonyl (C=O) groups is 2. The highest BCUT2D eigenvalue weighted by Crippen LogP contribution is 2.14. The standard InChI is InChI=1S/C14H13ClN2O4/c1-2-21-14(20)12-11(13(18)19)8-17(16-12)7-9-4-3-5-10(15)6-9/h3-6,8H,2,7H2,1H3,(H,18,19). The Morgan fingerprint density at radius 2 is 2.19 bits per heavy atom. The van der Waals surface area contributed by atoms with Crippen molar-refractivity contribution in [2.45, 2.75) is 13.5 Å². The topological polar surface area (TPSA) is 81.4 Å². The SMILES string of the molecule is CCOC(=O)c1nn(Cc2cccc(Cl)c2)cc1C(=O)O. The third kappa shape index (κ3) is 3.61. The summed E-state index contributed by atoms with van der Waals surface area (Å²) < 4.78 is 6.18. The van der Waals surface area contributed by atoms with Crippen molar-refractivity contribution in [1.82, 2.24) is 9.78 Å². The number of hydrogen-bond donors (Lipinski definition) is 1. The molecule has 0 aliphatic rings. The Balaban J connectivity index is 2.31. The molecule has 110 valence electrons. The highest BCUT2D eigenvalue weighted by molar-refractivity contribution is 6.30. The molecule has 0 aliphatic heterocycles. The molecule has 2 rings (SSSR count). The lowest BCUT2D eigenvalue weighted by molar-refractivity contribution is 0.0507. The minimum absolute atomic E-state index is 0.152. The summed E-state index contributed by atoms with van der Waals surface area (Å²) >= 11 is 5.89. The third-order valence-electron chi connectivity index (χ3n) is 2.69. The van der Waals surface area contributed by atoms with Gasteiger partial charge in [-0.15, -0.1) is 0 Å². The molecule has 6 nitrogen and oxygen atoms in total. The van der Waals surface area contributed by atoms with E-state index in [1.807, 2.05) is 6.07 Å². The van der Waals surface area contributed by atoms with Gasteiger partial charge in [0.25, 0.3) is 0 Å². The molecule has 21 heavy (non-hydrogen) atoms. The zero-order valence-electron chi connectivity index (χ0n) is 11.2. The van der Waals surface area contributed by atoms with E-state index in [9.17, 15) is 9.59 Å². The fraction of sp³-hybridized carbons (Fsp3) is 0.214. The van der Waals surface area contributed by atoms with Gasteiger partial charge in [0.1, 0.15) is 5.56 Å². The van der Waals surface area contributed by atoms with E-state index in [0.717, 1.165) is 5.56 Å². The van der Waals surface area contributed by atoms with Crippen molar-refractivity contribution in [1.29, 1.82) is 0 Å². The highest BCUT2D eigenvalue weighted by atomic mass is 35.5. The van der Waals surface area contributed by atoms with Gasteiger partial charge in [-0.2, -0.15) is 5.10 Å². The summed E-state index contributed by atoms with van der Waals surface area (Å²) in [6.07, 6.45) is 1.30. The second kappa shape index (κ2) is 6.41. The molecule has 1 N–H and O–H groups in total. The summed E-state index contributed by atoms with van der Waals surface area (Å²) in [7, 11) is 0. The maximum atomic E-state index is 11.7. The normalized spacial score (nSPS) is 10.4. The summed E-state index contributed by atoms with van der Waals surface area (Å²) in [5, 5.41) is 13.7. The molecule has 0 atom stereocenters. The van der Waals surface area contributed by atoms with Crippen LogP contribution in [0.1, 0.15) is 33.3 Å². The lowest BCUT2D eigenvalue weighted by Crippen LogP contribution is -2.11. The smallest absolute Gasteiger partial charge is 0.359 e. The number of carbonyl (C=O) groups excluding carboxylic acids is 1. The van der Waals surface area contributed by atoms with E-state index in [0.29, 0.717) is 11.6 Å². The average Bonchev–Trinajstić information content (AvgIpc) is 2.83. The van der Waals surface area contributed by atoms with E-state index in [2.05, 4.69) is 5.10 Å². The second-order valence-corrected chi connectivity index (χ2v) is 4.68. The lowest BCUT2D eigenvalue weighted by Gasteiger charge is -2.02. The van der Waals surface area contributed by atoms with E-state index in [1.165, 1.54) is 10.9 Å². The van der Waals surface area contributed by atoms with Gasteiger partial charge in [-0.05, 0) is 24.6 Å². The van der Waals surface area contributed by atoms with Gasteiger partial charge in [-0.25, -0.2) is 9.59 Å². The van der Waals surface area contributed by atoms with Crippen molar-refractivity contribution in [3.05, 3.63) is 52.3 Å². The van der Waals surface area contributed by atoms with Gasteiger partial charge in [0, 0.05) is 11.2 Å².